The average Bonchev–Trinajstić information content (AvgIpc) is 2.89. The van der Waals surface area contributed by atoms with Gasteiger partial charge in [-0.2, -0.15) is 0 Å². The van der Waals surface area contributed by atoms with Gasteiger partial charge in [0.25, 0.3) is 0 Å². The van der Waals surface area contributed by atoms with E-state index in [1.54, 1.807) is 29.2 Å². The maximum absolute atomic E-state index is 12.4. The van der Waals surface area contributed by atoms with Gasteiger partial charge in [-0.25, -0.2) is 9.59 Å². The highest BCUT2D eigenvalue weighted by atomic mass is 16.4. The Balaban J connectivity index is 2.12. The fourth-order valence-electron chi connectivity index (χ4n) is 2.40. The Morgan fingerprint density at radius 1 is 1.33 bits per heavy atom. The molecule has 2 rings (SSSR count). The first kappa shape index (κ1) is 15.1. The van der Waals surface area contributed by atoms with E-state index in [1.807, 2.05) is 0 Å². The van der Waals surface area contributed by atoms with Crippen LogP contribution < -0.4 is 0 Å². The summed E-state index contributed by atoms with van der Waals surface area (Å²) >= 11 is 0. The van der Waals surface area contributed by atoms with Crippen LogP contribution in [-0.2, 0) is 13.1 Å². The van der Waals surface area contributed by atoms with Crippen molar-refractivity contribution in [2.75, 3.05) is 19.7 Å². The van der Waals surface area contributed by atoms with E-state index in [1.165, 1.54) is 4.90 Å². The first-order chi connectivity index (χ1) is 10.1. The molecule has 1 heterocycles. The van der Waals surface area contributed by atoms with Crippen molar-refractivity contribution < 1.29 is 19.8 Å². The Kier molecular flexibility index (Phi) is 4.59. The molecule has 2 amide bonds. The summed E-state index contributed by atoms with van der Waals surface area (Å²) in [6.07, 6.45) is 1.61. The minimum Gasteiger partial charge on any atom is -0.478 e. The molecule has 6 nitrogen and oxygen atoms in total. The number of hydrogen-bond donors (Lipinski definition) is 2. The predicted octanol–water partition coefficient (Wildman–Crippen LogP) is 1.30. The van der Waals surface area contributed by atoms with E-state index >= 15 is 0 Å². The minimum atomic E-state index is -0.976. The first-order valence-corrected chi connectivity index (χ1v) is 6.67. The van der Waals surface area contributed by atoms with Crippen LogP contribution in [0.2, 0.25) is 0 Å². The van der Waals surface area contributed by atoms with Crippen molar-refractivity contribution in [3.63, 3.8) is 0 Å². The van der Waals surface area contributed by atoms with Crippen LogP contribution in [0.3, 0.4) is 0 Å². The van der Waals surface area contributed by atoms with E-state index in [0.717, 1.165) is 11.1 Å². The lowest BCUT2D eigenvalue weighted by Crippen LogP contribution is -2.42. The Morgan fingerprint density at radius 3 is 2.67 bits per heavy atom. The second-order valence-corrected chi connectivity index (χ2v) is 4.89. The van der Waals surface area contributed by atoms with Gasteiger partial charge in [0.15, 0.2) is 0 Å². The number of amides is 2. The normalized spacial score (nSPS) is 12.9. The number of benzene rings is 1. The van der Waals surface area contributed by atoms with Gasteiger partial charge in [0.05, 0.1) is 12.2 Å². The van der Waals surface area contributed by atoms with Crippen molar-refractivity contribution in [3.8, 4) is 0 Å². The number of nitrogens with zero attached hydrogens (tertiary/aromatic N) is 2. The molecule has 0 saturated heterocycles. The predicted molar refractivity (Wildman–Crippen MR) is 76.9 cm³/mol. The van der Waals surface area contributed by atoms with Gasteiger partial charge in [-0.3, -0.25) is 0 Å². The van der Waals surface area contributed by atoms with E-state index in [-0.39, 0.29) is 24.7 Å². The maximum Gasteiger partial charge on any atom is 0.335 e. The molecule has 1 aromatic rings. The molecule has 112 valence electrons. The van der Waals surface area contributed by atoms with E-state index < -0.39 is 5.97 Å². The van der Waals surface area contributed by atoms with Crippen LogP contribution in [0.1, 0.15) is 21.5 Å². The summed E-state index contributed by atoms with van der Waals surface area (Å²) in [5, 5.41) is 18.0. The van der Waals surface area contributed by atoms with E-state index in [9.17, 15) is 9.59 Å². The smallest absolute Gasteiger partial charge is 0.335 e. The van der Waals surface area contributed by atoms with Gasteiger partial charge in [0, 0.05) is 26.2 Å². The van der Waals surface area contributed by atoms with Crippen molar-refractivity contribution in [3.05, 3.63) is 47.5 Å². The van der Waals surface area contributed by atoms with Gasteiger partial charge in [-0.1, -0.05) is 12.1 Å². The molecule has 1 aliphatic rings. The third kappa shape index (κ3) is 3.22. The van der Waals surface area contributed by atoms with Crippen LogP contribution in [0.15, 0.2) is 30.9 Å². The van der Waals surface area contributed by atoms with Crippen molar-refractivity contribution in [2.24, 2.45) is 0 Å². The Labute approximate surface area is 122 Å². The molecular formula is C15H18N2O4. The maximum atomic E-state index is 12.4. The van der Waals surface area contributed by atoms with Gasteiger partial charge in [0.1, 0.15) is 0 Å². The van der Waals surface area contributed by atoms with Gasteiger partial charge < -0.3 is 20.0 Å². The van der Waals surface area contributed by atoms with Crippen molar-refractivity contribution in [1.82, 2.24) is 9.80 Å². The highest BCUT2D eigenvalue weighted by Gasteiger charge is 2.27. The van der Waals surface area contributed by atoms with Gasteiger partial charge in [-0.05, 0) is 23.3 Å². The topological polar surface area (TPSA) is 81.1 Å². The molecule has 1 aromatic carbocycles. The lowest BCUT2D eigenvalue weighted by Gasteiger charge is -2.26. The van der Waals surface area contributed by atoms with Crippen LogP contribution in [0.5, 0.6) is 0 Å². The molecule has 0 aromatic heterocycles. The van der Waals surface area contributed by atoms with Gasteiger partial charge in [-0.15, -0.1) is 6.58 Å². The molecule has 0 atom stereocenters. The summed E-state index contributed by atoms with van der Waals surface area (Å²) in [6, 6.07) is 4.71. The largest absolute Gasteiger partial charge is 0.478 e. The fourth-order valence-corrected chi connectivity index (χ4v) is 2.40. The number of urea groups is 1. The molecule has 0 fully saturated rings. The number of aromatic carboxylic acids is 1. The summed E-state index contributed by atoms with van der Waals surface area (Å²) in [6.45, 7) is 4.95. The number of carboxylic acids is 1. The van der Waals surface area contributed by atoms with Crippen LogP contribution in [0.4, 0.5) is 4.79 Å². The number of fused-ring (bicyclic) bond motifs is 1. The third-order valence-electron chi connectivity index (χ3n) is 3.44. The molecule has 0 unspecified atom stereocenters. The molecule has 21 heavy (non-hydrogen) atoms. The summed E-state index contributed by atoms with van der Waals surface area (Å²) in [5.74, 6) is -0.976. The summed E-state index contributed by atoms with van der Waals surface area (Å²) < 4.78 is 0. The Bertz CT molecular complexity index is 571. The molecule has 6 heteroatoms. The number of hydrogen-bond acceptors (Lipinski definition) is 3. The number of carbonyl (C=O) groups excluding carboxylic acids is 1. The summed E-state index contributed by atoms with van der Waals surface area (Å²) in [4.78, 5) is 26.5. The standard InChI is InChI=1S/C15H18N2O4/c1-2-5-16(6-7-18)15(21)17-9-12-4-3-11(14(19)20)8-13(12)10-17/h2-4,8,18H,1,5-7,9-10H2,(H,19,20). The molecule has 0 saturated carbocycles. The van der Waals surface area contributed by atoms with Crippen molar-refractivity contribution >= 4 is 12.0 Å². The van der Waals surface area contributed by atoms with Crippen LogP contribution >= 0.6 is 0 Å². The van der Waals surface area contributed by atoms with Crippen molar-refractivity contribution in [1.29, 1.82) is 0 Å². The van der Waals surface area contributed by atoms with Crippen molar-refractivity contribution in [2.45, 2.75) is 13.1 Å². The van der Waals surface area contributed by atoms with Gasteiger partial charge >= 0.3 is 12.0 Å². The van der Waals surface area contributed by atoms with E-state index in [2.05, 4.69) is 6.58 Å². The molecular weight excluding hydrogens is 272 g/mol. The third-order valence-corrected chi connectivity index (χ3v) is 3.44. The molecule has 0 bridgehead atoms. The molecule has 0 radical (unpaired) electrons. The molecule has 2 N–H and O–H groups in total. The van der Waals surface area contributed by atoms with E-state index in [0.29, 0.717) is 19.6 Å². The average molecular weight is 290 g/mol. The second kappa shape index (κ2) is 6.41. The molecule has 0 spiro atoms. The number of carbonyl (C=O) groups is 2. The van der Waals surface area contributed by atoms with Gasteiger partial charge in [0.2, 0.25) is 0 Å². The quantitative estimate of drug-likeness (QED) is 0.801. The van der Waals surface area contributed by atoms with Crippen LogP contribution in [-0.4, -0.2) is 51.7 Å². The minimum absolute atomic E-state index is 0.108. The Morgan fingerprint density at radius 2 is 2.05 bits per heavy atom. The SMILES string of the molecule is C=CCN(CCO)C(=O)N1Cc2ccc(C(=O)O)cc2C1. The number of carboxylic acid groups (broad SMARTS) is 1. The molecule has 1 aliphatic heterocycles. The highest BCUT2D eigenvalue weighted by molar-refractivity contribution is 5.88. The van der Waals surface area contributed by atoms with Crippen LogP contribution in [0, 0.1) is 0 Å². The fraction of sp³-hybridized carbons (Fsp3) is 0.333. The first-order valence-electron chi connectivity index (χ1n) is 6.67. The number of aliphatic hydroxyl groups is 1. The lowest BCUT2D eigenvalue weighted by atomic mass is 10.1. The summed E-state index contributed by atoms with van der Waals surface area (Å²) in [5.41, 5.74) is 2.03. The Hall–Kier alpha value is -2.34. The summed E-state index contributed by atoms with van der Waals surface area (Å²) in [7, 11) is 0. The number of aliphatic hydroxyl groups excluding tert-OH is 1. The highest BCUT2D eigenvalue weighted by Crippen LogP contribution is 2.25. The monoisotopic (exact) mass is 290 g/mol. The van der Waals surface area contributed by atoms with Crippen LogP contribution in [0.25, 0.3) is 0 Å². The second-order valence-electron chi connectivity index (χ2n) is 4.89. The number of rotatable bonds is 5. The lowest BCUT2D eigenvalue weighted by molar-refractivity contribution is 0.0696. The zero-order chi connectivity index (χ0) is 15.4. The zero-order valence-corrected chi connectivity index (χ0v) is 11.7. The zero-order valence-electron chi connectivity index (χ0n) is 11.7. The van der Waals surface area contributed by atoms with E-state index in [4.69, 9.17) is 10.2 Å². The molecule has 0 aliphatic carbocycles.